The Morgan fingerprint density at radius 2 is 1.71 bits per heavy atom. The summed E-state index contributed by atoms with van der Waals surface area (Å²) in [6.07, 6.45) is 5.63. The Balaban J connectivity index is 1.76. The van der Waals surface area contributed by atoms with Gasteiger partial charge < -0.3 is 15.1 Å². The van der Waals surface area contributed by atoms with E-state index >= 15 is 0 Å². The normalized spacial score (nSPS) is 30.3. The Labute approximate surface area is 132 Å². The molecule has 0 radical (unpaired) electrons. The molecule has 2 fully saturated rings. The van der Waals surface area contributed by atoms with Crippen molar-refractivity contribution in [1.29, 1.82) is 0 Å². The van der Waals surface area contributed by atoms with Crippen molar-refractivity contribution >= 4 is 0 Å². The van der Waals surface area contributed by atoms with Crippen molar-refractivity contribution in [2.24, 2.45) is 11.8 Å². The lowest BCUT2D eigenvalue weighted by molar-refractivity contribution is 0.0295. The number of likely N-dealkylation sites (tertiary alicyclic amines) is 1. The van der Waals surface area contributed by atoms with E-state index < -0.39 is 0 Å². The summed E-state index contributed by atoms with van der Waals surface area (Å²) >= 11 is 0. The van der Waals surface area contributed by atoms with Crippen molar-refractivity contribution in [1.82, 2.24) is 15.1 Å². The quantitative estimate of drug-likeness (QED) is 0.695. The molecule has 21 heavy (non-hydrogen) atoms. The van der Waals surface area contributed by atoms with Crippen molar-refractivity contribution in [3.8, 4) is 0 Å². The molecule has 3 heteroatoms. The molecule has 1 heterocycles. The van der Waals surface area contributed by atoms with Crippen molar-refractivity contribution in [3.63, 3.8) is 0 Å². The minimum Gasteiger partial charge on any atom is -0.313 e. The Kier molecular flexibility index (Phi) is 6.97. The van der Waals surface area contributed by atoms with Crippen LogP contribution in [0.15, 0.2) is 0 Å². The number of hydrogen-bond donors (Lipinski definition) is 1. The second kappa shape index (κ2) is 8.50. The number of nitrogens with zero attached hydrogens (tertiary/aromatic N) is 2. The zero-order valence-electron chi connectivity index (χ0n) is 14.8. The van der Waals surface area contributed by atoms with Gasteiger partial charge in [-0.2, -0.15) is 0 Å². The van der Waals surface area contributed by atoms with Gasteiger partial charge in [-0.05, 0) is 71.1 Å². The maximum Gasteiger partial charge on any atom is 0.0148 e. The molecule has 0 aromatic rings. The van der Waals surface area contributed by atoms with Gasteiger partial charge in [0.15, 0.2) is 0 Å². The minimum absolute atomic E-state index is 0.719. The van der Waals surface area contributed by atoms with E-state index in [0.717, 1.165) is 23.9 Å². The highest BCUT2D eigenvalue weighted by molar-refractivity contribution is 4.95. The zero-order chi connectivity index (χ0) is 15.2. The Hall–Kier alpha value is -0.120. The Bertz CT molecular complexity index is 274. The molecular weight excluding hydrogens is 258 g/mol. The molecule has 1 saturated carbocycles. The molecule has 0 spiro atoms. The molecule has 2 aliphatic rings. The van der Waals surface area contributed by atoms with Crippen LogP contribution in [0, 0.1) is 11.8 Å². The fourth-order valence-corrected chi connectivity index (χ4v) is 4.34. The first-order chi connectivity index (χ1) is 10.2. The van der Waals surface area contributed by atoms with Gasteiger partial charge in [0, 0.05) is 25.2 Å². The predicted molar refractivity (Wildman–Crippen MR) is 91.7 cm³/mol. The molecule has 0 aromatic heterocycles. The van der Waals surface area contributed by atoms with Gasteiger partial charge in [-0.15, -0.1) is 0 Å². The maximum absolute atomic E-state index is 3.93. The van der Waals surface area contributed by atoms with Crippen molar-refractivity contribution in [3.05, 3.63) is 0 Å². The summed E-state index contributed by atoms with van der Waals surface area (Å²) in [5.41, 5.74) is 0. The van der Waals surface area contributed by atoms with Gasteiger partial charge in [-0.1, -0.05) is 20.3 Å². The molecule has 0 amide bonds. The van der Waals surface area contributed by atoms with Crippen LogP contribution in [0.4, 0.5) is 0 Å². The third-order valence-electron chi connectivity index (χ3n) is 5.76. The molecule has 0 aromatic carbocycles. The molecular formula is C18H37N3. The average molecular weight is 296 g/mol. The van der Waals surface area contributed by atoms with E-state index in [1.807, 2.05) is 0 Å². The fraction of sp³-hybridized carbons (Fsp3) is 1.00. The van der Waals surface area contributed by atoms with Crippen LogP contribution < -0.4 is 5.32 Å². The first-order valence-electron chi connectivity index (χ1n) is 9.35. The van der Waals surface area contributed by atoms with Crippen molar-refractivity contribution in [2.45, 2.75) is 65.5 Å². The van der Waals surface area contributed by atoms with Gasteiger partial charge in [0.25, 0.3) is 0 Å². The zero-order valence-corrected chi connectivity index (χ0v) is 14.8. The number of fused-ring (bicyclic) bond motifs is 2. The smallest absolute Gasteiger partial charge is 0.0148 e. The van der Waals surface area contributed by atoms with Crippen molar-refractivity contribution < 1.29 is 0 Å². The average Bonchev–Trinajstić information content (AvgIpc) is 2.46. The fourth-order valence-electron chi connectivity index (χ4n) is 4.34. The van der Waals surface area contributed by atoms with Gasteiger partial charge >= 0.3 is 0 Å². The summed E-state index contributed by atoms with van der Waals surface area (Å²) in [6.45, 7) is 16.7. The monoisotopic (exact) mass is 295 g/mol. The highest BCUT2D eigenvalue weighted by Crippen LogP contribution is 2.35. The van der Waals surface area contributed by atoms with Crippen LogP contribution in [-0.2, 0) is 0 Å². The lowest BCUT2D eigenvalue weighted by atomic mass is 9.73. The lowest BCUT2D eigenvalue weighted by Gasteiger charge is -2.49. The van der Waals surface area contributed by atoms with Gasteiger partial charge in [0.1, 0.15) is 0 Å². The van der Waals surface area contributed by atoms with Gasteiger partial charge in [0.2, 0.25) is 0 Å². The standard InChI is InChI=1S/C18H37N3/c1-5-20(6-2)12-8-11-19-18-16-9-7-10-17(18)14-21(13-16)15(3)4/h15-19H,5-14H2,1-4H3. The molecule has 1 N–H and O–H groups in total. The molecule has 2 atom stereocenters. The number of piperidine rings is 1. The van der Waals surface area contributed by atoms with E-state index in [9.17, 15) is 0 Å². The third kappa shape index (κ3) is 4.67. The van der Waals surface area contributed by atoms with Gasteiger partial charge in [-0.3, -0.25) is 0 Å². The Morgan fingerprint density at radius 1 is 1.10 bits per heavy atom. The SMILES string of the molecule is CCN(CC)CCCNC1C2CCCC1CN(C(C)C)C2. The molecule has 1 aliphatic heterocycles. The topological polar surface area (TPSA) is 18.5 Å². The van der Waals surface area contributed by atoms with E-state index in [1.54, 1.807) is 0 Å². The van der Waals surface area contributed by atoms with Crippen LogP contribution in [0.3, 0.4) is 0 Å². The highest BCUT2D eigenvalue weighted by Gasteiger charge is 2.39. The van der Waals surface area contributed by atoms with E-state index in [0.29, 0.717) is 0 Å². The minimum atomic E-state index is 0.719. The van der Waals surface area contributed by atoms with Crippen LogP contribution in [0.5, 0.6) is 0 Å². The molecule has 2 bridgehead atoms. The molecule has 3 nitrogen and oxygen atoms in total. The molecule has 2 rings (SSSR count). The van der Waals surface area contributed by atoms with E-state index in [-0.39, 0.29) is 0 Å². The summed E-state index contributed by atoms with van der Waals surface area (Å²) in [7, 11) is 0. The van der Waals surface area contributed by atoms with Crippen LogP contribution in [-0.4, -0.2) is 61.2 Å². The number of rotatable bonds is 8. The number of hydrogen-bond acceptors (Lipinski definition) is 3. The lowest BCUT2D eigenvalue weighted by Crippen LogP contribution is -2.58. The molecule has 124 valence electrons. The first kappa shape index (κ1) is 17.2. The molecule has 2 unspecified atom stereocenters. The summed E-state index contributed by atoms with van der Waals surface area (Å²) in [5, 5.41) is 3.93. The maximum atomic E-state index is 3.93. The van der Waals surface area contributed by atoms with Crippen molar-refractivity contribution in [2.75, 3.05) is 39.3 Å². The third-order valence-corrected chi connectivity index (χ3v) is 5.76. The highest BCUT2D eigenvalue weighted by atomic mass is 15.2. The first-order valence-corrected chi connectivity index (χ1v) is 9.35. The predicted octanol–water partition coefficient (Wildman–Crippen LogP) is 2.82. The summed E-state index contributed by atoms with van der Waals surface area (Å²) in [4.78, 5) is 5.24. The van der Waals surface area contributed by atoms with Crippen LogP contribution in [0.25, 0.3) is 0 Å². The summed E-state index contributed by atoms with van der Waals surface area (Å²) in [6, 6.07) is 1.52. The van der Waals surface area contributed by atoms with Gasteiger partial charge in [-0.25, -0.2) is 0 Å². The van der Waals surface area contributed by atoms with Crippen LogP contribution >= 0.6 is 0 Å². The Morgan fingerprint density at radius 3 is 2.24 bits per heavy atom. The van der Waals surface area contributed by atoms with E-state index in [4.69, 9.17) is 0 Å². The largest absolute Gasteiger partial charge is 0.313 e. The molecule has 1 saturated heterocycles. The number of nitrogens with one attached hydrogen (secondary N) is 1. The van der Waals surface area contributed by atoms with Gasteiger partial charge in [0.05, 0.1) is 0 Å². The van der Waals surface area contributed by atoms with E-state index in [1.165, 1.54) is 65.0 Å². The second-order valence-corrected chi connectivity index (χ2v) is 7.36. The molecule has 1 aliphatic carbocycles. The van der Waals surface area contributed by atoms with Crippen LogP contribution in [0.1, 0.15) is 53.4 Å². The van der Waals surface area contributed by atoms with E-state index in [2.05, 4.69) is 42.8 Å². The summed E-state index contributed by atoms with van der Waals surface area (Å²) in [5.74, 6) is 1.79. The second-order valence-electron chi connectivity index (χ2n) is 7.36. The van der Waals surface area contributed by atoms with Crippen LogP contribution in [0.2, 0.25) is 0 Å². The summed E-state index contributed by atoms with van der Waals surface area (Å²) < 4.78 is 0.